The first kappa shape index (κ1) is 28.5. The molecule has 2 amide bonds. The first-order valence-electron chi connectivity index (χ1n) is 12.0. The minimum absolute atomic E-state index is 0.0373. The summed E-state index contributed by atoms with van der Waals surface area (Å²) >= 11 is 6.21. The van der Waals surface area contributed by atoms with E-state index < -0.39 is 17.0 Å². The van der Waals surface area contributed by atoms with Crippen LogP contribution in [0.1, 0.15) is 40.1 Å². The van der Waals surface area contributed by atoms with Gasteiger partial charge in [-0.3, -0.25) is 4.79 Å². The highest BCUT2D eigenvalue weighted by Crippen LogP contribution is 2.41. The summed E-state index contributed by atoms with van der Waals surface area (Å²) in [5.74, 6) is -0.811. The molecular formula is C26H25ClF3N3O5S. The van der Waals surface area contributed by atoms with Gasteiger partial charge < -0.3 is 24.8 Å². The van der Waals surface area contributed by atoms with E-state index in [-0.39, 0.29) is 40.3 Å². The van der Waals surface area contributed by atoms with Crippen LogP contribution >= 0.6 is 22.9 Å². The third kappa shape index (κ3) is 6.93. The van der Waals surface area contributed by atoms with Crippen LogP contribution in [0.2, 0.25) is 5.02 Å². The Morgan fingerprint density at radius 3 is 2.67 bits per heavy atom. The largest absolute Gasteiger partial charge is 0.507 e. The lowest BCUT2D eigenvalue weighted by atomic mass is 10.0. The number of amides is 2. The summed E-state index contributed by atoms with van der Waals surface area (Å²) in [4.78, 5) is 28.1. The quantitative estimate of drug-likeness (QED) is 0.375. The lowest BCUT2D eigenvalue weighted by Crippen LogP contribution is -2.37. The Kier molecular flexibility index (Phi) is 8.86. The monoisotopic (exact) mass is 583 g/mol. The number of fused-ring (bicyclic) bond motifs is 1. The zero-order chi connectivity index (χ0) is 28.2. The molecule has 0 aliphatic carbocycles. The number of piperidine rings is 1. The Hall–Kier alpha value is -3.51. The average Bonchev–Trinajstić information content (AvgIpc) is 3.56. The van der Waals surface area contributed by atoms with Gasteiger partial charge in [0.1, 0.15) is 28.0 Å². The number of methoxy groups -OCH3 is 1. The Bertz CT molecular complexity index is 1330. The van der Waals surface area contributed by atoms with E-state index in [2.05, 4.69) is 10.3 Å². The number of carbonyl (C=O) groups is 2. The Morgan fingerprint density at radius 2 is 2.03 bits per heavy atom. The molecule has 0 spiro atoms. The number of halogens is 4. The fraction of sp³-hybridized carbons (Fsp3) is 0.346. The normalized spacial score (nSPS) is 16.6. The van der Waals surface area contributed by atoms with Gasteiger partial charge in [-0.1, -0.05) is 23.7 Å². The second-order valence-electron chi connectivity index (χ2n) is 8.83. The van der Waals surface area contributed by atoms with Gasteiger partial charge >= 0.3 is 12.3 Å². The van der Waals surface area contributed by atoms with E-state index in [9.17, 15) is 27.9 Å². The SMILES string of the molecule is COc1cc(-c2ncc(C(F)(F)F)s2)c(O)cc1C(=O)NCc1ccc(Cl)cc1.O=C1OCC2CCCCN12. The van der Waals surface area contributed by atoms with E-state index in [1.54, 1.807) is 24.3 Å². The molecule has 2 saturated heterocycles. The molecule has 2 N–H and O–H groups in total. The lowest BCUT2D eigenvalue weighted by molar-refractivity contribution is -0.134. The number of carbonyl (C=O) groups excluding carboxylic acids is 2. The molecule has 0 radical (unpaired) electrons. The predicted molar refractivity (Wildman–Crippen MR) is 139 cm³/mol. The summed E-state index contributed by atoms with van der Waals surface area (Å²) in [5, 5.41) is 13.5. The molecule has 3 aromatic rings. The van der Waals surface area contributed by atoms with Crippen LogP contribution in [0.25, 0.3) is 10.6 Å². The van der Waals surface area contributed by atoms with Crippen LogP contribution in [0.5, 0.6) is 11.5 Å². The molecule has 39 heavy (non-hydrogen) atoms. The third-order valence-electron chi connectivity index (χ3n) is 6.21. The molecule has 0 saturated carbocycles. The van der Waals surface area contributed by atoms with Gasteiger partial charge in [0.25, 0.3) is 5.91 Å². The third-order valence-corrected chi connectivity index (χ3v) is 7.53. The Morgan fingerprint density at radius 1 is 1.28 bits per heavy atom. The van der Waals surface area contributed by atoms with E-state index in [1.807, 2.05) is 4.90 Å². The first-order chi connectivity index (χ1) is 18.6. The molecule has 208 valence electrons. The van der Waals surface area contributed by atoms with Gasteiger partial charge in [-0.15, -0.1) is 11.3 Å². The number of aromatic hydroxyl groups is 1. The number of cyclic esters (lactones) is 1. The topological polar surface area (TPSA) is 101 Å². The molecule has 13 heteroatoms. The van der Waals surface area contributed by atoms with Gasteiger partial charge in [-0.05, 0) is 49.1 Å². The number of phenolic OH excluding ortho intramolecular Hbond substituents is 1. The second-order valence-corrected chi connectivity index (χ2v) is 10.3. The van der Waals surface area contributed by atoms with E-state index in [0.29, 0.717) is 35.2 Å². The number of ether oxygens (including phenoxy) is 2. The molecule has 8 nitrogen and oxygen atoms in total. The second kappa shape index (κ2) is 12.1. The number of nitrogens with one attached hydrogen (secondary N) is 1. The van der Waals surface area contributed by atoms with E-state index in [0.717, 1.165) is 31.0 Å². The zero-order valence-electron chi connectivity index (χ0n) is 20.8. The van der Waals surface area contributed by atoms with Crippen LogP contribution in [0.15, 0.2) is 42.6 Å². The maximum atomic E-state index is 12.8. The molecule has 1 unspecified atom stereocenters. The highest BCUT2D eigenvalue weighted by molar-refractivity contribution is 7.15. The van der Waals surface area contributed by atoms with Gasteiger partial charge in [0.15, 0.2) is 0 Å². The molecule has 2 aliphatic heterocycles. The van der Waals surface area contributed by atoms with Crippen molar-refractivity contribution in [3.8, 4) is 22.1 Å². The van der Waals surface area contributed by atoms with Crippen molar-refractivity contribution in [2.45, 2.75) is 38.0 Å². The van der Waals surface area contributed by atoms with E-state index in [1.165, 1.54) is 19.6 Å². The molecule has 2 aliphatic rings. The summed E-state index contributed by atoms with van der Waals surface area (Å²) in [6.45, 7) is 1.74. The van der Waals surface area contributed by atoms with Crippen molar-refractivity contribution in [3.63, 3.8) is 0 Å². The first-order valence-corrected chi connectivity index (χ1v) is 13.2. The van der Waals surface area contributed by atoms with E-state index in [4.69, 9.17) is 21.1 Å². The highest BCUT2D eigenvalue weighted by atomic mass is 35.5. The van der Waals surface area contributed by atoms with Gasteiger partial charge in [-0.25, -0.2) is 9.78 Å². The smallest absolute Gasteiger partial charge is 0.427 e. The summed E-state index contributed by atoms with van der Waals surface area (Å²) in [6.07, 6.45) is -0.421. The van der Waals surface area contributed by atoms with Crippen LogP contribution in [-0.2, 0) is 17.5 Å². The van der Waals surface area contributed by atoms with Crippen molar-refractivity contribution < 1.29 is 37.3 Å². The van der Waals surface area contributed by atoms with Crippen LogP contribution in [0.4, 0.5) is 18.0 Å². The Labute approximate surface area is 231 Å². The van der Waals surface area contributed by atoms with Gasteiger partial charge in [0.2, 0.25) is 0 Å². The molecule has 0 bridgehead atoms. The van der Waals surface area contributed by atoms with Crippen LogP contribution in [0, 0.1) is 0 Å². The minimum atomic E-state index is -4.53. The zero-order valence-corrected chi connectivity index (χ0v) is 22.3. The number of alkyl halides is 3. The number of thiazole rings is 1. The lowest BCUT2D eigenvalue weighted by Gasteiger charge is -2.25. The van der Waals surface area contributed by atoms with Gasteiger partial charge in [0, 0.05) is 18.1 Å². The average molecular weight is 584 g/mol. The van der Waals surface area contributed by atoms with Crippen molar-refractivity contribution in [1.29, 1.82) is 0 Å². The van der Waals surface area contributed by atoms with Crippen LogP contribution in [0.3, 0.4) is 0 Å². The van der Waals surface area contributed by atoms with Crippen LogP contribution in [-0.4, -0.2) is 53.3 Å². The standard InChI is InChI=1S/C19H14ClF3N2O3S.C7H11NO2/c1-28-15-7-12(18-25-9-16(29-18)19(21,22)23)14(26)6-13(15)17(27)24-8-10-2-4-11(20)5-3-10;9-7-8-4-2-1-3-6(8)5-10-7/h2-7,9,26H,8H2,1H3,(H,24,27);6H,1-5H2. The minimum Gasteiger partial charge on any atom is -0.507 e. The number of rotatable bonds is 5. The molecule has 5 rings (SSSR count). The number of aromatic nitrogens is 1. The molecule has 3 heterocycles. The van der Waals surface area contributed by atoms with Crippen molar-refractivity contribution in [2.24, 2.45) is 0 Å². The van der Waals surface area contributed by atoms with Gasteiger partial charge in [0.05, 0.1) is 30.5 Å². The summed E-state index contributed by atoms with van der Waals surface area (Å²) in [6, 6.07) is 9.70. The summed E-state index contributed by atoms with van der Waals surface area (Å²) in [5.41, 5.74) is 0.886. The molecule has 2 fully saturated rings. The fourth-order valence-electron chi connectivity index (χ4n) is 4.16. The van der Waals surface area contributed by atoms with Crippen molar-refractivity contribution >= 4 is 34.9 Å². The number of hydrogen-bond acceptors (Lipinski definition) is 7. The van der Waals surface area contributed by atoms with E-state index >= 15 is 0 Å². The summed E-state index contributed by atoms with van der Waals surface area (Å²) < 4.78 is 48.5. The highest BCUT2D eigenvalue weighted by Gasteiger charge is 2.35. The number of nitrogens with zero attached hydrogens (tertiary/aromatic N) is 2. The number of benzene rings is 2. The van der Waals surface area contributed by atoms with Crippen molar-refractivity contribution in [3.05, 3.63) is 63.6 Å². The molecular weight excluding hydrogens is 559 g/mol. The molecule has 1 aromatic heterocycles. The van der Waals surface area contributed by atoms with Gasteiger partial charge in [-0.2, -0.15) is 13.2 Å². The predicted octanol–water partition coefficient (Wildman–Crippen LogP) is 6.12. The fourth-order valence-corrected chi connectivity index (χ4v) is 5.09. The molecule has 1 atom stereocenters. The van der Waals surface area contributed by atoms with Crippen molar-refractivity contribution in [1.82, 2.24) is 15.2 Å². The van der Waals surface area contributed by atoms with Crippen molar-refractivity contribution in [2.75, 3.05) is 20.3 Å². The Balaban J connectivity index is 0.000000292. The summed E-state index contributed by atoms with van der Waals surface area (Å²) in [7, 11) is 1.31. The number of phenols is 1. The van der Waals surface area contributed by atoms with Crippen LogP contribution < -0.4 is 10.1 Å². The maximum absolute atomic E-state index is 12.8. The molecule has 2 aromatic carbocycles. The number of hydrogen-bond donors (Lipinski definition) is 2. The maximum Gasteiger partial charge on any atom is 0.427 e.